The van der Waals surface area contributed by atoms with Crippen molar-refractivity contribution < 1.29 is 17.4 Å². The summed E-state index contributed by atoms with van der Waals surface area (Å²) in [6, 6.07) is 12.3. The number of benzene rings is 2. The second kappa shape index (κ2) is 7.12. The first-order chi connectivity index (χ1) is 11.5. The van der Waals surface area contributed by atoms with Crippen molar-refractivity contribution >= 4 is 16.7 Å². The monoisotopic (exact) mass is 367 g/mol. The second-order valence-electron chi connectivity index (χ2n) is 6.69. The van der Waals surface area contributed by atoms with Crippen LogP contribution in [0.2, 0.25) is 0 Å². The number of hydrogen-bond acceptors (Lipinski definition) is 1. The molecular weight excluding hydrogens is 347 g/mol. The van der Waals surface area contributed by atoms with E-state index in [1.54, 1.807) is 13.0 Å². The van der Waals surface area contributed by atoms with E-state index in [1.165, 1.54) is 12.1 Å². The molecule has 6 heteroatoms. The van der Waals surface area contributed by atoms with Crippen LogP contribution in [0, 0.1) is 0 Å². The Hall–Kier alpha value is -1.95. The molecule has 0 saturated carbocycles. The zero-order chi connectivity index (χ0) is 18.8. The van der Waals surface area contributed by atoms with Gasteiger partial charge in [0.1, 0.15) is 11.0 Å². The normalized spacial score (nSPS) is 14.4. The fourth-order valence-electron chi connectivity index (χ4n) is 2.09. The van der Waals surface area contributed by atoms with Crippen molar-refractivity contribution in [2.45, 2.75) is 38.6 Å². The van der Waals surface area contributed by atoms with Gasteiger partial charge in [-0.2, -0.15) is 17.6 Å². The van der Waals surface area contributed by atoms with Gasteiger partial charge < -0.3 is 0 Å². The molecule has 0 amide bonds. The van der Waals surface area contributed by atoms with Crippen LogP contribution in [0.25, 0.3) is 11.1 Å². The molecule has 134 valence electrons. The summed E-state index contributed by atoms with van der Waals surface area (Å²) in [5, 5.41) is 0. The van der Waals surface area contributed by atoms with Crippen molar-refractivity contribution in [3.63, 3.8) is 0 Å². The van der Waals surface area contributed by atoms with Crippen LogP contribution in [0.4, 0.5) is 13.2 Å². The lowest BCUT2D eigenvalue weighted by Gasteiger charge is -2.14. The fourth-order valence-corrected chi connectivity index (χ4v) is 2.72. The number of nitrogens with zero attached hydrogens (tertiary/aromatic N) is 1. The summed E-state index contributed by atoms with van der Waals surface area (Å²) < 4.78 is 53.9. The summed E-state index contributed by atoms with van der Waals surface area (Å²) in [5.74, 6) is 0. The molecule has 0 aliphatic heterocycles. The summed E-state index contributed by atoms with van der Waals surface area (Å²) >= 11 is 0. The molecule has 0 spiro atoms. The largest absolute Gasteiger partial charge is 0.416 e. The highest BCUT2D eigenvalue weighted by Crippen LogP contribution is 2.31. The Labute approximate surface area is 148 Å². The van der Waals surface area contributed by atoms with Gasteiger partial charge in [-0.25, -0.2) is 4.21 Å². The number of rotatable bonds is 3. The van der Waals surface area contributed by atoms with Gasteiger partial charge in [0.2, 0.25) is 0 Å². The molecule has 0 aromatic heterocycles. The first-order valence-electron chi connectivity index (χ1n) is 7.74. The molecule has 0 fully saturated rings. The molecule has 0 bridgehead atoms. The maximum Gasteiger partial charge on any atom is 0.416 e. The van der Waals surface area contributed by atoms with E-state index in [0.717, 1.165) is 23.3 Å². The molecule has 0 N–H and O–H groups in total. The minimum Gasteiger partial charge on any atom is -0.234 e. The second-order valence-corrected chi connectivity index (χ2v) is 8.60. The Kier molecular flexibility index (Phi) is 5.52. The summed E-state index contributed by atoms with van der Waals surface area (Å²) in [4.78, 5) is 0. The highest BCUT2D eigenvalue weighted by molar-refractivity contribution is 7.85. The van der Waals surface area contributed by atoms with Crippen LogP contribution in [-0.4, -0.2) is 14.7 Å². The van der Waals surface area contributed by atoms with Gasteiger partial charge in [-0.3, -0.25) is 0 Å². The molecular formula is C19H20F3NOS. The van der Waals surface area contributed by atoms with Crippen LogP contribution < -0.4 is 0 Å². The number of alkyl halides is 3. The van der Waals surface area contributed by atoms with Gasteiger partial charge >= 0.3 is 6.18 Å². The molecule has 2 rings (SSSR count). The molecule has 0 unspecified atom stereocenters. The van der Waals surface area contributed by atoms with Crippen molar-refractivity contribution in [2.75, 3.05) is 0 Å². The van der Waals surface area contributed by atoms with Gasteiger partial charge in [-0.1, -0.05) is 30.3 Å². The third-order valence-electron chi connectivity index (χ3n) is 3.57. The highest BCUT2D eigenvalue weighted by atomic mass is 32.2. The van der Waals surface area contributed by atoms with Crippen LogP contribution in [-0.2, 0) is 17.2 Å². The highest BCUT2D eigenvalue weighted by Gasteiger charge is 2.30. The molecule has 0 heterocycles. The van der Waals surface area contributed by atoms with Crippen LogP contribution >= 0.6 is 0 Å². The molecule has 2 aromatic rings. The zero-order valence-electron chi connectivity index (χ0n) is 14.5. The SMILES string of the molecule is C/C(=N\[S@@](=O)C(C)(C)C)c1cccc(-c2ccc(C(F)(F)F)cc2)c1. The Morgan fingerprint density at radius 2 is 1.56 bits per heavy atom. The van der Waals surface area contributed by atoms with E-state index in [-0.39, 0.29) is 0 Å². The Morgan fingerprint density at radius 1 is 0.960 bits per heavy atom. The van der Waals surface area contributed by atoms with E-state index >= 15 is 0 Å². The van der Waals surface area contributed by atoms with Crippen molar-refractivity contribution in [1.29, 1.82) is 0 Å². The Balaban J connectivity index is 2.33. The van der Waals surface area contributed by atoms with E-state index in [0.29, 0.717) is 11.3 Å². The average Bonchev–Trinajstić information content (AvgIpc) is 2.53. The van der Waals surface area contributed by atoms with Crippen molar-refractivity contribution in [1.82, 2.24) is 0 Å². The van der Waals surface area contributed by atoms with Gasteiger partial charge in [0, 0.05) is 0 Å². The summed E-state index contributed by atoms with van der Waals surface area (Å²) in [6.45, 7) is 7.31. The first kappa shape index (κ1) is 19.4. The van der Waals surface area contributed by atoms with Crippen molar-refractivity contribution in [2.24, 2.45) is 4.40 Å². The van der Waals surface area contributed by atoms with Gasteiger partial charge in [0.15, 0.2) is 0 Å². The van der Waals surface area contributed by atoms with Crippen molar-refractivity contribution in [3.8, 4) is 11.1 Å². The van der Waals surface area contributed by atoms with E-state index in [4.69, 9.17) is 0 Å². The molecule has 0 radical (unpaired) electrons. The predicted molar refractivity (Wildman–Crippen MR) is 97.0 cm³/mol. The minimum atomic E-state index is -4.35. The molecule has 0 aliphatic carbocycles. The van der Waals surface area contributed by atoms with Gasteiger partial charge in [0.25, 0.3) is 0 Å². The van der Waals surface area contributed by atoms with Crippen LogP contribution in [0.1, 0.15) is 38.8 Å². The lowest BCUT2D eigenvalue weighted by molar-refractivity contribution is -0.137. The summed E-state index contributed by atoms with van der Waals surface area (Å²) in [6.07, 6.45) is -4.35. The van der Waals surface area contributed by atoms with Gasteiger partial charge in [-0.05, 0) is 62.6 Å². The first-order valence-corrected chi connectivity index (χ1v) is 8.84. The average molecular weight is 367 g/mol. The topological polar surface area (TPSA) is 29.4 Å². The molecule has 25 heavy (non-hydrogen) atoms. The lowest BCUT2D eigenvalue weighted by atomic mass is 10.0. The van der Waals surface area contributed by atoms with E-state index in [2.05, 4.69) is 4.40 Å². The molecule has 2 nitrogen and oxygen atoms in total. The van der Waals surface area contributed by atoms with E-state index in [9.17, 15) is 17.4 Å². The number of halogens is 3. The molecule has 2 aromatic carbocycles. The molecule has 0 saturated heterocycles. The third-order valence-corrected chi connectivity index (χ3v) is 5.06. The third kappa shape index (κ3) is 5.01. The zero-order valence-corrected chi connectivity index (χ0v) is 15.3. The van der Waals surface area contributed by atoms with Crippen LogP contribution in [0.5, 0.6) is 0 Å². The van der Waals surface area contributed by atoms with E-state index < -0.39 is 27.5 Å². The Morgan fingerprint density at radius 3 is 2.08 bits per heavy atom. The standard InChI is InChI=1S/C19H20F3NOS/c1-13(23-25(24)18(2,3)4)15-6-5-7-16(12-15)14-8-10-17(11-9-14)19(20,21)22/h5-12H,1-4H3/b23-13+/t25-/m0/s1. The van der Waals surface area contributed by atoms with Crippen molar-refractivity contribution in [3.05, 3.63) is 59.7 Å². The van der Waals surface area contributed by atoms with Crippen LogP contribution in [0.3, 0.4) is 0 Å². The predicted octanol–water partition coefficient (Wildman–Crippen LogP) is 5.64. The smallest absolute Gasteiger partial charge is 0.234 e. The number of hydrogen-bond donors (Lipinski definition) is 0. The maximum absolute atomic E-state index is 12.7. The van der Waals surface area contributed by atoms with Gasteiger partial charge in [-0.15, -0.1) is 0 Å². The maximum atomic E-state index is 12.7. The fraction of sp³-hybridized carbons (Fsp3) is 0.316. The minimum absolute atomic E-state index is 0.452. The molecule has 0 aliphatic rings. The quantitative estimate of drug-likeness (QED) is 0.645. The molecule has 1 atom stereocenters. The van der Waals surface area contributed by atoms with E-state index in [1.807, 2.05) is 39.0 Å². The Bertz CT molecular complexity index is 803. The lowest BCUT2D eigenvalue weighted by Crippen LogP contribution is -2.20. The summed E-state index contributed by atoms with van der Waals surface area (Å²) in [5.41, 5.74) is 2.20. The summed E-state index contributed by atoms with van der Waals surface area (Å²) in [7, 11) is -1.37. The van der Waals surface area contributed by atoms with Crippen LogP contribution in [0.15, 0.2) is 52.9 Å². The van der Waals surface area contributed by atoms with Gasteiger partial charge in [0.05, 0.1) is 16.0 Å².